The second-order valence-electron chi connectivity index (χ2n) is 7.63. The number of fused-ring (bicyclic) bond motifs is 1. The molecule has 1 N–H and O–H groups in total. The Kier molecular flexibility index (Phi) is 4.99. The van der Waals surface area contributed by atoms with Gasteiger partial charge in [-0.1, -0.05) is 18.2 Å². The summed E-state index contributed by atoms with van der Waals surface area (Å²) in [6, 6.07) is 19.7. The van der Waals surface area contributed by atoms with Crippen LogP contribution < -0.4 is 5.32 Å². The molecule has 0 aliphatic carbocycles. The quantitative estimate of drug-likeness (QED) is 0.415. The van der Waals surface area contributed by atoms with Crippen LogP contribution in [0.2, 0.25) is 0 Å². The minimum Gasteiger partial charge on any atom is -0.322 e. The maximum Gasteiger partial charge on any atom is 0.156 e. The molecule has 0 saturated carbocycles. The molecule has 0 bridgehead atoms. The Labute approximate surface area is 189 Å². The summed E-state index contributed by atoms with van der Waals surface area (Å²) < 4.78 is 14.8. The molecule has 8 heteroatoms. The molecule has 0 atom stereocenters. The Morgan fingerprint density at radius 3 is 2.52 bits per heavy atom. The second kappa shape index (κ2) is 8.13. The highest BCUT2D eigenvalue weighted by Crippen LogP contribution is 2.27. The van der Waals surface area contributed by atoms with Crippen LogP contribution in [0.4, 0.5) is 16.0 Å². The van der Waals surface area contributed by atoms with Crippen molar-refractivity contribution in [1.29, 1.82) is 5.26 Å². The van der Waals surface area contributed by atoms with Crippen molar-refractivity contribution in [3.63, 3.8) is 0 Å². The number of hydrogen-bond donors (Lipinski definition) is 1. The van der Waals surface area contributed by atoms with Crippen molar-refractivity contribution in [2.24, 2.45) is 0 Å². The number of nitriles is 1. The van der Waals surface area contributed by atoms with Gasteiger partial charge in [-0.15, -0.1) is 10.2 Å². The molecule has 3 heterocycles. The van der Waals surface area contributed by atoms with Crippen LogP contribution in [0.15, 0.2) is 66.9 Å². The smallest absolute Gasteiger partial charge is 0.156 e. The van der Waals surface area contributed by atoms with E-state index in [1.165, 1.54) is 18.3 Å². The maximum atomic E-state index is 13.2. The summed E-state index contributed by atoms with van der Waals surface area (Å²) in [5.74, 6) is 1.16. The van der Waals surface area contributed by atoms with E-state index < -0.39 is 0 Å². The molecule has 2 aromatic carbocycles. The van der Waals surface area contributed by atoms with E-state index in [1.54, 1.807) is 28.9 Å². The number of benzene rings is 2. The predicted octanol–water partition coefficient (Wildman–Crippen LogP) is 5.25. The largest absolute Gasteiger partial charge is 0.322 e. The normalized spacial score (nSPS) is 10.8. The number of aryl methyl sites for hydroxylation is 2. The molecular weight excluding hydrogens is 417 g/mol. The zero-order valence-electron chi connectivity index (χ0n) is 17.9. The van der Waals surface area contributed by atoms with E-state index in [4.69, 9.17) is 4.98 Å². The summed E-state index contributed by atoms with van der Waals surface area (Å²) >= 11 is 0. The molecule has 3 aromatic heterocycles. The van der Waals surface area contributed by atoms with Crippen molar-refractivity contribution in [3.05, 3.63) is 89.4 Å². The van der Waals surface area contributed by atoms with Gasteiger partial charge in [0.05, 0.1) is 17.4 Å². The van der Waals surface area contributed by atoms with Crippen molar-refractivity contribution in [1.82, 2.24) is 25.0 Å². The summed E-state index contributed by atoms with van der Waals surface area (Å²) in [7, 11) is 0. The average molecular weight is 435 g/mol. The Morgan fingerprint density at radius 1 is 0.970 bits per heavy atom. The molecule has 0 amide bonds. The summed E-state index contributed by atoms with van der Waals surface area (Å²) in [6.45, 7) is 4.04. The minimum atomic E-state index is -0.310. The van der Waals surface area contributed by atoms with E-state index >= 15 is 0 Å². The van der Waals surface area contributed by atoms with E-state index in [0.29, 0.717) is 28.7 Å². The van der Waals surface area contributed by atoms with Crippen LogP contribution in [0.5, 0.6) is 0 Å². The molecule has 5 aromatic rings. The highest BCUT2D eigenvalue weighted by molar-refractivity contribution is 5.85. The SMILES string of the molecule is Cc1cc(-n2ncc(C#N)c2Nc2ccc(-c3ccc(F)cc3)nn2)nc2c(C)cccc12. The Hall–Kier alpha value is -4.64. The number of aromatic nitrogens is 5. The van der Waals surface area contributed by atoms with Gasteiger partial charge in [-0.05, 0) is 67.4 Å². The Balaban J connectivity index is 1.52. The third kappa shape index (κ3) is 3.77. The summed E-state index contributed by atoms with van der Waals surface area (Å²) in [6.07, 6.45) is 1.49. The second-order valence-corrected chi connectivity index (χ2v) is 7.63. The van der Waals surface area contributed by atoms with Gasteiger partial charge in [0, 0.05) is 10.9 Å². The van der Waals surface area contributed by atoms with E-state index in [9.17, 15) is 9.65 Å². The highest BCUT2D eigenvalue weighted by Gasteiger charge is 2.16. The predicted molar refractivity (Wildman–Crippen MR) is 124 cm³/mol. The first-order valence-electron chi connectivity index (χ1n) is 10.3. The van der Waals surface area contributed by atoms with Gasteiger partial charge in [0.15, 0.2) is 17.5 Å². The van der Waals surface area contributed by atoms with E-state index in [2.05, 4.69) is 26.7 Å². The Bertz CT molecular complexity index is 1510. The van der Waals surface area contributed by atoms with Crippen molar-refractivity contribution >= 4 is 22.5 Å². The minimum absolute atomic E-state index is 0.310. The zero-order chi connectivity index (χ0) is 22.9. The molecule has 7 nitrogen and oxygen atoms in total. The first-order chi connectivity index (χ1) is 16.0. The highest BCUT2D eigenvalue weighted by atomic mass is 19.1. The number of pyridine rings is 1. The van der Waals surface area contributed by atoms with Gasteiger partial charge in [0.2, 0.25) is 0 Å². The van der Waals surface area contributed by atoms with E-state index in [1.807, 2.05) is 38.1 Å². The Morgan fingerprint density at radius 2 is 1.79 bits per heavy atom. The van der Waals surface area contributed by atoms with Gasteiger partial charge in [0.1, 0.15) is 17.4 Å². The van der Waals surface area contributed by atoms with E-state index in [-0.39, 0.29) is 5.82 Å². The number of nitrogens with one attached hydrogen (secondary N) is 1. The van der Waals surface area contributed by atoms with Crippen LogP contribution in [-0.4, -0.2) is 25.0 Å². The zero-order valence-corrected chi connectivity index (χ0v) is 17.9. The topological polar surface area (TPSA) is 92.3 Å². The average Bonchev–Trinajstić information content (AvgIpc) is 3.23. The fourth-order valence-electron chi connectivity index (χ4n) is 3.67. The molecule has 0 unspecified atom stereocenters. The summed E-state index contributed by atoms with van der Waals surface area (Å²) in [5.41, 5.74) is 4.71. The molecule has 160 valence electrons. The number of rotatable bonds is 4. The van der Waals surface area contributed by atoms with Gasteiger partial charge in [-0.3, -0.25) is 0 Å². The maximum absolute atomic E-state index is 13.2. The lowest BCUT2D eigenvalue weighted by Gasteiger charge is -2.12. The molecule has 5 rings (SSSR count). The molecule has 33 heavy (non-hydrogen) atoms. The third-order valence-corrected chi connectivity index (χ3v) is 5.39. The van der Waals surface area contributed by atoms with Crippen LogP contribution >= 0.6 is 0 Å². The summed E-state index contributed by atoms with van der Waals surface area (Å²) in [4.78, 5) is 4.80. The fourth-order valence-corrected chi connectivity index (χ4v) is 3.67. The van der Waals surface area contributed by atoms with Crippen LogP contribution in [0.25, 0.3) is 28.0 Å². The number of hydrogen-bond acceptors (Lipinski definition) is 6. The van der Waals surface area contributed by atoms with Crippen molar-refractivity contribution in [2.45, 2.75) is 13.8 Å². The van der Waals surface area contributed by atoms with E-state index in [0.717, 1.165) is 27.6 Å². The standard InChI is InChI=1S/C25H18FN7/c1-15-4-3-5-20-16(2)12-23(30-24(15)20)33-25(18(13-27)14-28-33)29-22-11-10-21(31-32-22)17-6-8-19(26)9-7-17/h3-12,14H,1-2H3,(H,29,32). The number of halogens is 1. The molecule has 0 aliphatic rings. The van der Waals surface area contributed by atoms with Crippen LogP contribution in [-0.2, 0) is 0 Å². The molecule has 0 aliphatic heterocycles. The molecular formula is C25H18FN7. The van der Waals surface area contributed by atoms with Gasteiger partial charge < -0.3 is 5.32 Å². The third-order valence-electron chi connectivity index (χ3n) is 5.39. The molecule has 0 fully saturated rings. The monoisotopic (exact) mass is 435 g/mol. The lowest BCUT2D eigenvalue weighted by molar-refractivity contribution is 0.628. The lowest BCUT2D eigenvalue weighted by Crippen LogP contribution is -2.07. The lowest BCUT2D eigenvalue weighted by atomic mass is 10.1. The first-order valence-corrected chi connectivity index (χ1v) is 10.3. The van der Waals surface area contributed by atoms with Crippen molar-refractivity contribution in [3.8, 4) is 23.1 Å². The van der Waals surface area contributed by atoms with Crippen molar-refractivity contribution in [2.75, 3.05) is 5.32 Å². The summed E-state index contributed by atoms with van der Waals surface area (Å²) in [5, 5.41) is 26.7. The van der Waals surface area contributed by atoms with Gasteiger partial charge in [-0.25, -0.2) is 9.37 Å². The molecule has 0 saturated heterocycles. The number of nitrogens with zero attached hydrogens (tertiary/aromatic N) is 6. The molecule has 0 spiro atoms. The van der Waals surface area contributed by atoms with Gasteiger partial charge in [-0.2, -0.15) is 15.0 Å². The van der Waals surface area contributed by atoms with Gasteiger partial charge >= 0.3 is 0 Å². The van der Waals surface area contributed by atoms with Crippen LogP contribution in [0.3, 0.4) is 0 Å². The first kappa shape index (κ1) is 20.3. The van der Waals surface area contributed by atoms with Crippen molar-refractivity contribution < 1.29 is 4.39 Å². The number of para-hydroxylation sites is 1. The van der Waals surface area contributed by atoms with Crippen LogP contribution in [0, 0.1) is 31.0 Å². The fraction of sp³-hybridized carbons (Fsp3) is 0.0800. The molecule has 0 radical (unpaired) electrons. The van der Waals surface area contributed by atoms with Gasteiger partial charge in [0.25, 0.3) is 0 Å². The van der Waals surface area contributed by atoms with Crippen LogP contribution in [0.1, 0.15) is 16.7 Å². The number of anilines is 2.